The molecule has 0 saturated carbocycles. The van der Waals surface area contributed by atoms with Gasteiger partial charge in [-0.2, -0.15) is 0 Å². The van der Waals surface area contributed by atoms with Gasteiger partial charge in [0.15, 0.2) is 0 Å². The monoisotopic (exact) mass is 266 g/mol. The van der Waals surface area contributed by atoms with Crippen LogP contribution in [0.4, 0.5) is 4.39 Å². The highest BCUT2D eigenvalue weighted by atomic mass is 19.1. The SMILES string of the molecule is CCCN(CCC)CC(NCC)c1ccccc1F. The summed E-state index contributed by atoms with van der Waals surface area (Å²) >= 11 is 0. The maximum absolute atomic E-state index is 13.9. The van der Waals surface area contributed by atoms with E-state index in [4.69, 9.17) is 0 Å². The van der Waals surface area contributed by atoms with Crippen LogP contribution in [0.3, 0.4) is 0 Å². The summed E-state index contributed by atoms with van der Waals surface area (Å²) in [5.74, 6) is -0.110. The summed E-state index contributed by atoms with van der Waals surface area (Å²) in [5.41, 5.74) is 0.779. The summed E-state index contributed by atoms with van der Waals surface area (Å²) < 4.78 is 13.9. The summed E-state index contributed by atoms with van der Waals surface area (Å²) in [6.45, 7) is 10.3. The molecule has 0 aliphatic carbocycles. The van der Waals surface area contributed by atoms with Crippen molar-refractivity contribution in [1.82, 2.24) is 10.2 Å². The molecule has 0 saturated heterocycles. The number of hydrogen-bond donors (Lipinski definition) is 1. The van der Waals surface area contributed by atoms with Gasteiger partial charge in [-0.25, -0.2) is 4.39 Å². The fourth-order valence-corrected chi connectivity index (χ4v) is 2.46. The van der Waals surface area contributed by atoms with E-state index in [-0.39, 0.29) is 11.9 Å². The Kier molecular flexibility index (Phi) is 7.68. The van der Waals surface area contributed by atoms with Gasteiger partial charge in [0.25, 0.3) is 0 Å². The summed E-state index contributed by atoms with van der Waals surface area (Å²) in [7, 11) is 0. The number of nitrogens with one attached hydrogen (secondary N) is 1. The molecule has 2 nitrogen and oxygen atoms in total. The van der Waals surface area contributed by atoms with Crippen molar-refractivity contribution >= 4 is 0 Å². The van der Waals surface area contributed by atoms with Crippen molar-refractivity contribution in [2.75, 3.05) is 26.2 Å². The van der Waals surface area contributed by atoms with Crippen LogP contribution in [0, 0.1) is 5.82 Å². The Balaban J connectivity index is 2.79. The van der Waals surface area contributed by atoms with E-state index in [1.54, 1.807) is 12.1 Å². The first-order chi connectivity index (χ1) is 9.22. The van der Waals surface area contributed by atoms with Crippen LogP contribution < -0.4 is 5.32 Å². The van der Waals surface area contributed by atoms with Gasteiger partial charge in [-0.1, -0.05) is 39.0 Å². The number of halogens is 1. The van der Waals surface area contributed by atoms with Gasteiger partial charge >= 0.3 is 0 Å². The average Bonchev–Trinajstić information content (AvgIpc) is 2.39. The molecule has 0 bridgehead atoms. The number of hydrogen-bond acceptors (Lipinski definition) is 2. The van der Waals surface area contributed by atoms with E-state index >= 15 is 0 Å². The van der Waals surface area contributed by atoms with E-state index in [1.165, 1.54) is 0 Å². The topological polar surface area (TPSA) is 15.3 Å². The smallest absolute Gasteiger partial charge is 0.128 e. The maximum Gasteiger partial charge on any atom is 0.128 e. The quantitative estimate of drug-likeness (QED) is 0.734. The molecule has 1 aromatic rings. The fourth-order valence-electron chi connectivity index (χ4n) is 2.46. The second-order valence-corrected chi connectivity index (χ2v) is 4.93. The predicted octanol–water partition coefficient (Wildman–Crippen LogP) is 3.60. The van der Waals surface area contributed by atoms with E-state index in [2.05, 4.69) is 31.0 Å². The van der Waals surface area contributed by atoms with Crippen molar-refractivity contribution in [3.05, 3.63) is 35.6 Å². The highest BCUT2D eigenvalue weighted by Gasteiger charge is 2.17. The molecule has 0 amide bonds. The molecule has 0 fully saturated rings. The van der Waals surface area contributed by atoms with Crippen molar-refractivity contribution < 1.29 is 4.39 Å². The minimum atomic E-state index is -0.110. The lowest BCUT2D eigenvalue weighted by Gasteiger charge is -2.28. The van der Waals surface area contributed by atoms with E-state index in [0.717, 1.165) is 44.6 Å². The molecule has 0 radical (unpaired) electrons. The fraction of sp³-hybridized carbons (Fsp3) is 0.625. The summed E-state index contributed by atoms with van der Waals surface area (Å²) in [6, 6.07) is 7.16. The van der Waals surface area contributed by atoms with Crippen LogP contribution >= 0.6 is 0 Å². The molecule has 1 unspecified atom stereocenters. The Morgan fingerprint density at radius 1 is 1.11 bits per heavy atom. The largest absolute Gasteiger partial charge is 0.309 e. The van der Waals surface area contributed by atoms with Crippen molar-refractivity contribution in [3.63, 3.8) is 0 Å². The number of benzene rings is 1. The van der Waals surface area contributed by atoms with Gasteiger partial charge in [0, 0.05) is 18.2 Å². The van der Waals surface area contributed by atoms with Crippen LogP contribution in [-0.4, -0.2) is 31.1 Å². The standard InChI is InChI=1S/C16H27FN2/c1-4-11-19(12-5-2)13-16(18-6-3)14-9-7-8-10-15(14)17/h7-10,16,18H,4-6,11-13H2,1-3H3. The molecule has 3 heteroatoms. The van der Waals surface area contributed by atoms with E-state index in [0.29, 0.717) is 0 Å². The molecule has 1 aromatic carbocycles. The van der Waals surface area contributed by atoms with Gasteiger partial charge in [0.05, 0.1) is 0 Å². The zero-order valence-electron chi connectivity index (χ0n) is 12.5. The number of likely N-dealkylation sites (N-methyl/N-ethyl adjacent to an activating group) is 1. The molecular weight excluding hydrogens is 239 g/mol. The Bertz CT molecular complexity index is 348. The molecule has 108 valence electrons. The lowest BCUT2D eigenvalue weighted by molar-refractivity contribution is 0.242. The molecule has 1 atom stereocenters. The lowest BCUT2D eigenvalue weighted by Crippen LogP contribution is -2.36. The first-order valence-electron chi connectivity index (χ1n) is 7.43. The average molecular weight is 266 g/mol. The van der Waals surface area contributed by atoms with E-state index in [9.17, 15) is 4.39 Å². The van der Waals surface area contributed by atoms with Crippen molar-refractivity contribution in [1.29, 1.82) is 0 Å². The van der Waals surface area contributed by atoms with Gasteiger partial charge in [0.1, 0.15) is 5.82 Å². The first kappa shape index (κ1) is 16.1. The van der Waals surface area contributed by atoms with E-state index in [1.807, 2.05) is 12.1 Å². The summed E-state index contributed by atoms with van der Waals surface area (Å²) in [6.07, 6.45) is 2.27. The van der Waals surface area contributed by atoms with Gasteiger partial charge in [-0.15, -0.1) is 0 Å². The molecule has 0 aromatic heterocycles. The highest BCUT2D eigenvalue weighted by Crippen LogP contribution is 2.18. The Morgan fingerprint density at radius 2 is 1.74 bits per heavy atom. The number of rotatable bonds is 9. The molecule has 19 heavy (non-hydrogen) atoms. The Hall–Kier alpha value is -0.930. The molecule has 0 aliphatic rings. The van der Waals surface area contributed by atoms with Gasteiger partial charge in [-0.3, -0.25) is 0 Å². The minimum absolute atomic E-state index is 0.0734. The third kappa shape index (κ3) is 5.29. The van der Waals surface area contributed by atoms with Gasteiger partial charge in [0.2, 0.25) is 0 Å². The van der Waals surface area contributed by atoms with Gasteiger partial charge < -0.3 is 10.2 Å². The molecule has 0 spiro atoms. The number of nitrogens with zero attached hydrogens (tertiary/aromatic N) is 1. The normalized spacial score (nSPS) is 12.9. The van der Waals surface area contributed by atoms with Crippen LogP contribution in [0.1, 0.15) is 45.2 Å². The zero-order chi connectivity index (χ0) is 14.1. The molecule has 1 rings (SSSR count). The second kappa shape index (κ2) is 9.05. The Labute approximate surface area is 117 Å². The second-order valence-electron chi connectivity index (χ2n) is 4.93. The van der Waals surface area contributed by atoms with E-state index < -0.39 is 0 Å². The van der Waals surface area contributed by atoms with Crippen LogP contribution in [-0.2, 0) is 0 Å². The molecular formula is C16H27FN2. The first-order valence-corrected chi connectivity index (χ1v) is 7.43. The minimum Gasteiger partial charge on any atom is -0.309 e. The molecule has 0 heterocycles. The van der Waals surface area contributed by atoms with Crippen LogP contribution in [0.5, 0.6) is 0 Å². The Morgan fingerprint density at radius 3 is 2.26 bits per heavy atom. The lowest BCUT2D eigenvalue weighted by atomic mass is 10.1. The van der Waals surface area contributed by atoms with Crippen LogP contribution in [0.2, 0.25) is 0 Å². The van der Waals surface area contributed by atoms with Crippen molar-refractivity contribution in [2.45, 2.75) is 39.7 Å². The third-order valence-electron chi connectivity index (χ3n) is 3.25. The molecule has 1 N–H and O–H groups in total. The van der Waals surface area contributed by atoms with Crippen molar-refractivity contribution in [3.8, 4) is 0 Å². The summed E-state index contributed by atoms with van der Waals surface area (Å²) in [5, 5.41) is 3.41. The van der Waals surface area contributed by atoms with Crippen LogP contribution in [0.15, 0.2) is 24.3 Å². The molecule has 0 aliphatic heterocycles. The highest BCUT2D eigenvalue weighted by molar-refractivity contribution is 5.21. The maximum atomic E-state index is 13.9. The third-order valence-corrected chi connectivity index (χ3v) is 3.25. The predicted molar refractivity (Wildman–Crippen MR) is 79.8 cm³/mol. The summed E-state index contributed by atoms with van der Waals surface area (Å²) in [4.78, 5) is 2.42. The zero-order valence-corrected chi connectivity index (χ0v) is 12.5. The van der Waals surface area contributed by atoms with Crippen molar-refractivity contribution in [2.24, 2.45) is 0 Å². The van der Waals surface area contributed by atoms with Gasteiger partial charge in [-0.05, 0) is 38.5 Å². The van der Waals surface area contributed by atoms with Crippen LogP contribution in [0.25, 0.3) is 0 Å².